The number of hydrogen-bond donors (Lipinski definition) is 1. The molecule has 96 valence electrons. The lowest BCUT2D eigenvalue weighted by atomic mass is 10.3. The predicted molar refractivity (Wildman–Crippen MR) is 71.5 cm³/mol. The molecule has 1 heterocycles. The molecule has 0 unspecified atom stereocenters. The monoisotopic (exact) mass is 255 g/mol. The van der Waals surface area contributed by atoms with Crippen molar-refractivity contribution in [2.45, 2.75) is 26.7 Å². The normalized spacial score (nSPS) is 10.8. The Labute approximate surface area is 107 Å². The van der Waals surface area contributed by atoms with Gasteiger partial charge in [0.25, 0.3) is 5.91 Å². The fourth-order valence-corrected chi connectivity index (χ4v) is 2.15. The maximum absolute atomic E-state index is 11.5. The number of amides is 1. The molecule has 1 aromatic rings. The van der Waals surface area contributed by atoms with Crippen LogP contribution in [0.2, 0.25) is 0 Å². The van der Waals surface area contributed by atoms with Crippen molar-refractivity contribution in [2.24, 2.45) is 0 Å². The molecule has 0 radical (unpaired) electrons. The van der Waals surface area contributed by atoms with Gasteiger partial charge in [0.05, 0.1) is 5.51 Å². The summed E-state index contributed by atoms with van der Waals surface area (Å²) in [5, 5.41) is 4.65. The topological polar surface area (TPSA) is 45.2 Å². The number of nitrogens with zero attached hydrogens (tertiary/aromatic N) is 2. The highest BCUT2D eigenvalue weighted by Gasteiger charge is 2.05. The molecule has 0 aliphatic heterocycles. The quantitative estimate of drug-likeness (QED) is 0.723. The lowest BCUT2D eigenvalue weighted by Gasteiger charge is -2.17. The van der Waals surface area contributed by atoms with Crippen molar-refractivity contribution in [1.82, 2.24) is 15.2 Å². The fraction of sp³-hybridized carbons (Fsp3) is 0.667. The first-order valence-electron chi connectivity index (χ1n) is 6.16. The molecule has 5 heteroatoms. The van der Waals surface area contributed by atoms with Crippen LogP contribution in [0.15, 0.2) is 10.9 Å². The largest absolute Gasteiger partial charge is 0.351 e. The first-order valence-corrected chi connectivity index (χ1v) is 7.11. The molecule has 17 heavy (non-hydrogen) atoms. The Morgan fingerprint density at radius 3 is 2.76 bits per heavy atom. The minimum absolute atomic E-state index is 0.0610. The highest BCUT2D eigenvalue weighted by Crippen LogP contribution is 2.00. The molecule has 0 saturated carbocycles. The number of nitrogens with one attached hydrogen (secondary N) is 1. The van der Waals surface area contributed by atoms with Gasteiger partial charge in [-0.2, -0.15) is 0 Å². The van der Waals surface area contributed by atoms with Crippen molar-refractivity contribution < 1.29 is 4.79 Å². The van der Waals surface area contributed by atoms with Crippen LogP contribution in [-0.4, -0.2) is 42.0 Å². The third-order valence-electron chi connectivity index (χ3n) is 2.75. The van der Waals surface area contributed by atoms with E-state index in [4.69, 9.17) is 0 Å². The van der Waals surface area contributed by atoms with Gasteiger partial charge >= 0.3 is 0 Å². The van der Waals surface area contributed by atoms with Crippen molar-refractivity contribution >= 4 is 17.2 Å². The second-order valence-corrected chi connectivity index (χ2v) is 4.58. The van der Waals surface area contributed by atoms with Crippen LogP contribution < -0.4 is 5.32 Å². The number of thiazole rings is 1. The van der Waals surface area contributed by atoms with Gasteiger partial charge in [0.1, 0.15) is 5.69 Å². The molecule has 4 nitrogen and oxygen atoms in total. The Morgan fingerprint density at radius 2 is 2.18 bits per heavy atom. The smallest absolute Gasteiger partial charge is 0.270 e. The van der Waals surface area contributed by atoms with E-state index < -0.39 is 0 Å². The Hall–Kier alpha value is -0.940. The minimum atomic E-state index is -0.0610. The molecule has 0 aromatic carbocycles. The lowest BCUT2D eigenvalue weighted by molar-refractivity contribution is 0.0948. The van der Waals surface area contributed by atoms with E-state index in [-0.39, 0.29) is 5.91 Å². The molecule has 0 bridgehead atoms. The van der Waals surface area contributed by atoms with Gasteiger partial charge in [-0.3, -0.25) is 4.79 Å². The van der Waals surface area contributed by atoms with Gasteiger partial charge in [-0.05, 0) is 32.5 Å². The van der Waals surface area contributed by atoms with E-state index in [2.05, 4.69) is 29.0 Å². The summed E-state index contributed by atoms with van der Waals surface area (Å²) in [5.74, 6) is -0.0610. The maximum atomic E-state index is 11.5. The summed E-state index contributed by atoms with van der Waals surface area (Å²) in [6.45, 7) is 8.39. The molecule has 1 amide bonds. The lowest BCUT2D eigenvalue weighted by Crippen LogP contribution is -2.27. The number of unbranched alkanes of at least 4 members (excludes halogenated alkanes) is 1. The standard InChI is InChI=1S/C12H21N3OS/c1-3-15(4-2)8-6-5-7-13-12(16)11-9-17-10-14-11/h9-10H,3-8H2,1-2H3,(H,13,16). The Balaban J connectivity index is 2.06. The zero-order chi connectivity index (χ0) is 12.5. The summed E-state index contributed by atoms with van der Waals surface area (Å²) in [4.78, 5) is 17.9. The summed E-state index contributed by atoms with van der Waals surface area (Å²) in [5.41, 5.74) is 2.20. The predicted octanol–water partition coefficient (Wildman–Crippen LogP) is 1.99. The van der Waals surface area contributed by atoms with Crippen LogP contribution in [0.3, 0.4) is 0 Å². The Kier molecular flexibility index (Phi) is 6.81. The van der Waals surface area contributed by atoms with Crippen molar-refractivity contribution in [3.05, 3.63) is 16.6 Å². The maximum Gasteiger partial charge on any atom is 0.270 e. The zero-order valence-electron chi connectivity index (χ0n) is 10.6. The van der Waals surface area contributed by atoms with Crippen LogP contribution in [0.4, 0.5) is 0 Å². The highest BCUT2D eigenvalue weighted by atomic mass is 32.1. The average molecular weight is 255 g/mol. The van der Waals surface area contributed by atoms with Gasteiger partial charge in [-0.1, -0.05) is 13.8 Å². The second-order valence-electron chi connectivity index (χ2n) is 3.86. The first-order chi connectivity index (χ1) is 8.27. The van der Waals surface area contributed by atoms with E-state index in [1.165, 1.54) is 11.3 Å². The van der Waals surface area contributed by atoms with Crippen LogP contribution in [-0.2, 0) is 0 Å². The van der Waals surface area contributed by atoms with Crippen molar-refractivity contribution in [3.63, 3.8) is 0 Å². The molecular formula is C12H21N3OS. The van der Waals surface area contributed by atoms with E-state index in [0.29, 0.717) is 5.69 Å². The van der Waals surface area contributed by atoms with Crippen LogP contribution in [0.25, 0.3) is 0 Å². The molecule has 0 saturated heterocycles. The third kappa shape index (κ3) is 5.28. The van der Waals surface area contributed by atoms with E-state index in [1.54, 1.807) is 10.9 Å². The van der Waals surface area contributed by atoms with Gasteiger partial charge in [-0.15, -0.1) is 11.3 Å². The molecule has 0 atom stereocenters. The fourth-order valence-electron chi connectivity index (χ4n) is 1.62. The molecule has 0 spiro atoms. The average Bonchev–Trinajstić information content (AvgIpc) is 2.87. The summed E-state index contributed by atoms with van der Waals surface area (Å²) in [7, 11) is 0. The molecule has 1 N–H and O–H groups in total. The Morgan fingerprint density at radius 1 is 1.41 bits per heavy atom. The number of carbonyl (C=O) groups is 1. The van der Waals surface area contributed by atoms with Gasteiger partial charge < -0.3 is 10.2 Å². The third-order valence-corrected chi connectivity index (χ3v) is 3.33. The SMILES string of the molecule is CCN(CC)CCCCNC(=O)c1cscn1. The van der Waals surface area contributed by atoms with Crippen LogP contribution in [0.5, 0.6) is 0 Å². The van der Waals surface area contributed by atoms with E-state index in [9.17, 15) is 4.79 Å². The first kappa shape index (κ1) is 14.1. The van der Waals surface area contributed by atoms with Crippen LogP contribution in [0, 0.1) is 0 Å². The summed E-state index contributed by atoms with van der Waals surface area (Å²) >= 11 is 1.44. The van der Waals surface area contributed by atoms with Crippen molar-refractivity contribution in [2.75, 3.05) is 26.2 Å². The molecule has 1 aromatic heterocycles. The van der Waals surface area contributed by atoms with E-state index in [1.807, 2.05) is 0 Å². The van der Waals surface area contributed by atoms with Crippen LogP contribution >= 0.6 is 11.3 Å². The zero-order valence-corrected chi connectivity index (χ0v) is 11.4. The summed E-state index contributed by atoms with van der Waals surface area (Å²) in [6.07, 6.45) is 2.14. The van der Waals surface area contributed by atoms with E-state index >= 15 is 0 Å². The molecule has 0 aliphatic carbocycles. The summed E-state index contributed by atoms with van der Waals surface area (Å²) in [6, 6.07) is 0. The van der Waals surface area contributed by atoms with Gasteiger partial charge in [-0.25, -0.2) is 4.98 Å². The molecule has 0 aliphatic rings. The highest BCUT2D eigenvalue weighted by molar-refractivity contribution is 7.07. The Bertz CT molecular complexity index is 310. The van der Waals surface area contributed by atoms with Crippen LogP contribution in [0.1, 0.15) is 37.2 Å². The molecular weight excluding hydrogens is 234 g/mol. The number of hydrogen-bond acceptors (Lipinski definition) is 4. The van der Waals surface area contributed by atoms with E-state index in [0.717, 1.165) is 39.0 Å². The van der Waals surface area contributed by atoms with Gasteiger partial charge in [0.15, 0.2) is 0 Å². The second kappa shape index (κ2) is 8.20. The van der Waals surface area contributed by atoms with Crippen molar-refractivity contribution in [3.8, 4) is 0 Å². The molecule has 0 fully saturated rings. The number of carbonyl (C=O) groups excluding carboxylic acids is 1. The van der Waals surface area contributed by atoms with Gasteiger partial charge in [0, 0.05) is 11.9 Å². The van der Waals surface area contributed by atoms with Gasteiger partial charge in [0.2, 0.25) is 0 Å². The summed E-state index contributed by atoms with van der Waals surface area (Å²) < 4.78 is 0. The minimum Gasteiger partial charge on any atom is -0.351 e. The number of aromatic nitrogens is 1. The molecule has 1 rings (SSSR count). The van der Waals surface area contributed by atoms with Crippen molar-refractivity contribution in [1.29, 1.82) is 0 Å². The number of rotatable bonds is 8.